The van der Waals surface area contributed by atoms with Gasteiger partial charge in [0.05, 0.1) is 17.9 Å². The van der Waals surface area contributed by atoms with Crippen LogP contribution in [0.1, 0.15) is 44.1 Å². The first-order chi connectivity index (χ1) is 11.8. The lowest BCUT2D eigenvalue weighted by molar-refractivity contribution is -0.345. The molecule has 0 saturated carbocycles. The number of carboxylic acids is 2. The first-order valence-electron chi connectivity index (χ1n) is 8.16. The van der Waals surface area contributed by atoms with Crippen LogP contribution < -0.4 is 10.2 Å². The van der Waals surface area contributed by atoms with Crippen molar-refractivity contribution < 1.29 is 29.3 Å². The standard InChI is InChI=1S/C15H21NO2S.C2H2O4/c1-10(11-5-6-19-9-11)15(17)18-14-7-12-3-4-13(8-14)16(12)2;3-1(4)2(5)6/h5-6,9-10,12-14H,3-4,7-8H2,1-2H3;(H,3,4)(H,5,6)/p-2. The number of piperidine rings is 1. The van der Waals surface area contributed by atoms with Gasteiger partial charge in [-0.15, -0.1) is 0 Å². The summed E-state index contributed by atoms with van der Waals surface area (Å²) in [6.07, 6.45) is 4.66. The molecule has 0 N–H and O–H groups in total. The molecule has 138 valence electrons. The van der Waals surface area contributed by atoms with Gasteiger partial charge in [0.1, 0.15) is 6.10 Å². The Morgan fingerprint density at radius 1 is 1.20 bits per heavy atom. The number of carbonyl (C=O) groups is 3. The van der Waals surface area contributed by atoms with Gasteiger partial charge in [0, 0.05) is 12.1 Å². The van der Waals surface area contributed by atoms with E-state index in [0.717, 1.165) is 18.4 Å². The molecule has 3 unspecified atom stereocenters. The number of carboxylic acid groups (broad SMARTS) is 2. The van der Waals surface area contributed by atoms with E-state index in [1.54, 1.807) is 11.3 Å². The molecule has 3 atom stereocenters. The highest BCUT2D eigenvalue weighted by Gasteiger charge is 2.40. The molecule has 3 heterocycles. The highest BCUT2D eigenvalue weighted by atomic mass is 32.1. The average Bonchev–Trinajstić information content (AvgIpc) is 3.14. The summed E-state index contributed by atoms with van der Waals surface area (Å²) in [4.78, 5) is 32.5. The number of rotatable bonds is 3. The van der Waals surface area contributed by atoms with Gasteiger partial charge in [-0.1, -0.05) is 0 Å². The third-order valence-corrected chi connectivity index (χ3v) is 5.60. The Bertz CT molecular complexity index is 591. The summed E-state index contributed by atoms with van der Waals surface area (Å²) in [5, 5.41) is 21.9. The van der Waals surface area contributed by atoms with Crippen molar-refractivity contribution in [3.05, 3.63) is 22.4 Å². The Balaban J connectivity index is 0.000000326. The van der Waals surface area contributed by atoms with Gasteiger partial charge in [-0.05, 0) is 62.0 Å². The van der Waals surface area contributed by atoms with Crippen molar-refractivity contribution >= 4 is 29.2 Å². The highest BCUT2D eigenvalue weighted by molar-refractivity contribution is 7.08. The van der Waals surface area contributed by atoms with Crippen LogP contribution in [0.3, 0.4) is 0 Å². The molecule has 7 nitrogen and oxygen atoms in total. The van der Waals surface area contributed by atoms with E-state index in [0.29, 0.717) is 12.1 Å². The Labute approximate surface area is 150 Å². The lowest BCUT2D eigenvalue weighted by Gasteiger charge is -2.36. The number of ether oxygens (including phenoxy) is 1. The van der Waals surface area contributed by atoms with Crippen LogP contribution >= 0.6 is 11.3 Å². The molecule has 0 aromatic carbocycles. The summed E-state index contributed by atoms with van der Waals surface area (Å²) in [5.41, 5.74) is 1.07. The summed E-state index contributed by atoms with van der Waals surface area (Å²) < 4.78 is 5.75. The maximum absolute atomic E-state index is 12.2. The smallest absolute Gasteiger partial charge is 0.313 e. The molecule has 0 spiro atoms. The van der Waals surface area contributed by atoms with Crippen LogP contribution in [0.15, 0.2) is 16.8 Å². The molecule has 2 fully saturated rings. The minimum atomic E-state index is -2.19. The van der Waals surface area contributed by atoms with Crippen molar-refractivity contribution in [3.63, 3.8) is 0 Å². The first kappa shape index (κ1) is 19.4. The number of hydrogen-bond acceptors (Lipinski definition) is 8. The second-order valence-electron chi connectivity index (χ2n) is 6.43. The van der Waals surface area contributed by atoms with Gasteiger partial charge in [-0.25, -0.2) is 0 Å². The zero-order valence-electron chi connectivity index (χ0n) is 14.2. The van der Waals surface area contributed by atoms with Crippen molar-refractivity contribution in [1.82, 2.24) is 4.90 Å². The van der Waals surface area contributed by atoms with E-state index < -0.39 is 11.9 Å². The van der Waals surface area contributed by atoms with E-state index in [1.165, 1.54) is 12.8 Å². The van der Waals surface area contributed by atoms with Gasteiger partial charge >= 0.3 is 5.97 Å². The molecule has 8 heteroatoms. The van der Waals surface area contributed by atoms with Crippen LogP contribution in [0, 0.1) is 0 Å². The number of aliphatic carboxylic acids is 2. The van der Waals surface area contributed by atoms with E-state index in [1.807, 2.05) is 23.8 Å². The van der Waals surface area contributed by atoms with E-state index in [-0.39, 0.29) is 18.0 Å². The molecule has 0 amide bonds. The quantitative estimate of drug-likeness (QED) is 0.523. The van der Waals surface area contributed by atoms with Gasteiger partial charge in [0.2, 0.25) is 0 Å². The first-order valence-corrected chi connectivity index (χ1v) is 9.10. The average molecular weight is 367 g/mol. The largest absolute Gasteiger partial charge is 0.543 e. The van der Waals surface area contributed by atoms with Gasteiger partial charge in [0.25, 0.3) is 0 Å². The lowest BCUT2D eigenvalue weighted by atomic mass is 10.00. The summed E-state index contributed by atoms with van der Waals surface area (Å²) in [5.74, 6) is -4.57. The molecule has 1 aromatic rings. The third kappa shape index (κ3) is 5.02. The molecule has 0 radical (unpaired) electrons. The predicted octanol–water partition coefficient (Wildman–Crippen LogP) is -0.494. The molecule has 25 heavy (non-hydrogen) atoms. The molecule has 0 aliphatic carbocycles. The normalized spacial score (nSPS) is 26.2. The molecule has 2 aliphatic rings. The van der Waals surface area contributed by atoms with Crippen LogP contribution in [0.2, 0.25) is 0 Å². The molecule has 3 rings (SSSR count). The Morgan fingerprint density at radius 3 is 2.20 bits per heavy atom. The molecular weight excluding hydrogens is 346 g/mol. The van der Waals surface area contributed by atoms with Crippen LogP contribution in [0.4, 0.5) is 0 Å². The molecule has 2 aliphatic heterocycles. The third-order valence-electron chi connectivity index (χ3n) is 4.90. The summed E-state index contributed by atoms with van der Waals surface area (Å²) in [6, 6.07) is 3.25. The van der Waals surface area contributed by atoms with E-state index in [2.05, 4.69) is 11.9 Å². The molecular formula is C17H21NO6S-2. The van der Waals surface area contributed by atoms with Gasteiger partial charge < -0.3 is 29.4 Å². The second kappa shape index (κ2) is 8.44. The SMILES string of the molecule is CC(C(=O)OC1CC2CCC(C1)N2C)c1ccsc1.O=C([O-])C(=O)[O-]. The van der Waals surface area contributed by atoms with E-state index in [4.69, 9.17) is 24.5 Å². The van der Waals surface area contributed by atoms with Crippen molar-refractivity contribution in [2.24, 2.45) is 0 Å². The van der Waals surface area contributed by atoms with Gasteiger partial charge in [-0.3, -0.25) is 4.79 Å². The maximum Gasteiger partial charge on any atom is 0.313 e. The second-order valence-corrected chi connectivity index (χ2v) is 7.21. The van der Waals surface area contributed by atoms with Crippen LogP contribution in [-0.2, 0) is 19.1 Å². The van der Waals surface area contributed by atoms with E-state index >= 15 is 0 Å². The summed E-state index contributed by atoms with van der Waals surface area (Å²) >= 11 is 1.63. The van der Waals surface area contributed by atoms with Crippen molar-refractivity contribution in [2.75, 3.05) is 7.05 Å². The fourth-order valence-corrected chi connectivity index (χ4v) is 4.14. The number of nitrogens with zero attached hydrogens (tertiary/aromatic N) is 1. The zero-order chi connectivity index (χ0) is 18.6. The minimum absolute atomic E-state index is 0.0626. The zero-order valence-corrected chi connectivity index (χ0v) is 15.0. The summed E-state index contributed by atoms with van der Waals surface area (Å²) in [7, 11) is 2.20. The molecule has 2 bridgehead atoms. The number of thiophene rings is 1. The van der Waals surface area contributed by atoms with Crippen molar-refractivity contribution in [3.8, 4) is 0 Å². The van der Waals surface area contributed by atoms with Gasteiger partial charge in [-0.2, -0.15) is 11.3 Å². The van der Waals surface area contributed by atoms with Crippen LogP contribution in [-0.4, -0.2) is 48.0 Å². The minimum Gasteiger partial charge on any atom is -0.543 e. The van der Waals surface area contributed by atoms with Gasteiger partial charge in [0.15, 0.2) is 0 Å². The van der Waals surface area contributed by atoms with Crippen molar-refractivity contribution in [1.29, 1.82) is 0 Å². The van der Waals surface area contributed by atoms with E-state index in [9.17, 15) is 4.79 Å². The Kier molecular flexibility index (Phi) is 6.55. The summed E-state index contributed by atoms with van der Waals surface area (Å²) in [6.45, 7) is 1.94. The number of esters is 1. The Hall–Kier alpha value is -1.93. The molecule has 1 aromatic heterocycles. The fourth-order valence-electron chi connectivity index (χ4n) is 3.38. The Morgan fingerprint density at radius 2 is 1.76 bits per heavy atom. The molecule has 2 saturated heterocycles. The highest BCUT2D eigenvalue weighted by Crippen LogP contribution is 2.36. The maximum atomic E-state index is 12.2. The van der Waals surface area contributed by atoms with Crippen LogP contribution in [0.25, 0.3) is 0 Å². The fraction of sp³-hybridized carbons (Fsp3) is 0.588. The monoisotopic (exact) mass is 367 g/mol. The topological polar surface area (TPSA) is 110 Å². The van der Waals surface area contributed by atoms with Crippen molar-refractivity contribution in [2.45, 2.75) is 56.7 Å². The number of fused-ring (bicyclic) bond motifs is 2. The number of carbonyl (C=O) groups excluding carboxylic acids is 3. The van der Waals surface area contributed by atoms with Crippen LogP contribution in [0.5, 0.6) is 0 Å². The number of hydrogen-bond donors (Lipinski definition) is 0. The lowest BCUT2D eigenvalue weighted by Crippen LogP contribution is -2.43. The predicted molar refractivity (Wildman–Crippen MR) is 86.4 cm³/mol.